The molecule has 0 atom stereocenters. The minimum Gasteiger partial charge on any atom is -0.405 e. The van der Waals surface area contributed by atoms with Crippen molar-refractivity contribution in [1.29, 1.82) is 0 Å². The van der Waals surface area contributed by atoms with Crippen LogP contribution in [0.5, 0.6) is 0 Å². The molecule has 1 saturated carbocycles. The number of aliphatic imine (C=N–C) groups is 1. The Bertz CT molecular complexity index is 166. The van der Waals surface area contributed by atoms with E-state index in [1.165, 1.54) is 25.5 Å². The summed E-state index contributed by atoms with van der Waals surface area (Å²) in [6.07, 6.45) is 7.47. The van der Waals surface area contributed by atoms with Crippen molar-refractivity contribution in [3.05, 3.63) is 12.3 Å². The molecule has 1 rings (SSSR count). The summed E-state index contributed by atoms with van der Waals surface area (Å²) >= 11 is 0. The first-order valence-electron chi connectivity index (χ1n) is 4.22. The zero-order valence-corrected chi connectivity index (χ0v) is 7.09. The fourth-order valence-electron chi connectivity index (χ4n) is 1.02. The Morgan fingerprint density at radius 1 is 1.64 bits per heavy atom. The second-order valence-electron chi connectivity index (χ2n) is 3.11. The molecule has 0 aromatic rings. The highest BCUT2D eigenvalue weighted by Crippen LogP contribution is 2.32. The number of hydrogen-bond donors (Lipinski definition) is 1. The Labute approximate surface area is 68.2 Å². The fourth-order valence-corrected chi connectivity index (χ4v) is 1.02. The number of nitrogens with zero attached hydrogens (tertiary/aromatic N) is 1. The molecule has 2 heteroatoms. The van der Waals surface area contributed by atoms with Gasteiger partial charge in [0.25, 0.3) is 0 Å². The molecule has 0 saturated heterocycles. The van der Waals surface area contributed by atoms with Crippen LogP contribution in [0.25, 0.3) is 0 Å². The lowest BCUT2D eigenvalue weighted by molar-refractivity contribution is 0.740. The molecule has 1 fully saturated rings. The van der Waals surface area contributed by atoms with Crippen LogP contribution in [0.2, 0.25) is 0 Å². The van der Waals surface area contributed by atoms with E-state index in [1.807, 2.05) is 13.0 Å². The van der Waals surface area contributed by atoms with E-state index in [2.05, 4.69) is 4.99 Å². The van der Waals surface area contributed by atoms with Crippen molar-refractivity contribution in [1.82, 2.24) is 0 Å². The second kappa shape index (κ2) is 4.16. The van der Waals surface area contributed by atoms with Crippen molar-refractivity contribution in [3.8, 4) is 0 Å². The smallest absolute Gasteiger partial charge is 0.0395 e. The van der Waals surface area contributed by atoms with Gasteiger partial charge in [0.1, 0.15) is 0 Å². The van der Waals surface area contributed by atoms with Crippen molar-refractivity contribution in [2.75, 3.05) is 6.54 Å². The van der Waals surface area contributed by atoms with Gasteiger partial charge < -0.3 is 5.73 Å². The average molecular weight is 152 g/mol. The summed E-state index contributed by atoms with van der Waals surface area (Å²) < 4.78 is 0. The molecule has 11 heavy (non-hydrogen) atoms. The fraction of sp³-hybridized carbons (Fsp3) is 0.667. The molecule has 0 aromatic heterocycles. The lowest BCUT2D eigenvalue weighted by atomic mass is 10.3. The topological polar surface area (TPSA) is 38.4 Å². The highest BCUT2D eigenvalue weighted by atomic mass is 14.7. The maximum atomic E-state index is 5.21. The van der Waals surface area contributed by atoms with E-state index in [0.717, 1.165) is 18.2 Å². The Hall–Kier alpha value is -0.790. The van der Waals surface area contributed by atoms with Crippen LogP contribution < -0.4 is 5.73 Å². The first-order valence-corrected chi connectivity index (χ1v) is 4.22. The lowest BCUT2D eigenvalue weighted by Crippen LogP contribution is -1.91. The van der Waals surface area contributed by atoms with E-state index in [1.54, 1.807) is 0 Å². The van der Waals surface area contributed by atoms with Gasteiger partial charge >= 0.3 is 0 Å². The third kappa shape index (κ3) is 3.81. The molecule has 0 heterocycles. The number of nitrogens with two attached hydrogens (primary N) is 1. The molecule has 2 N–H and O–H groups in total. The average Bonchev–Trinajstić information content (AvgIpc) is 2.72. The molecule has 62 valence electrons. The largest absolute Gasteiger partial charge is 0.405 e. The summed E-state index contributed by atoms with van der Waals surface area (Å²) in [4.78, 5) is 4.34. The van der Waals surface area contributed by atoms with Crippen LogP contribution in [0, 0.1) is 5.92 Å². The molecule has 0 unspecified atom stereocenters. The van der Waals surface area contributed by atoms with Crippen LogP contribution in [-0.2, 0) is 0 Å². The van der Waals surface area contributed by atoms with E-state index >= 15 is 0 Å². The number of hydrogen-bond acceptors (Lipinski definition) is 2. The third-order valence-corrected chi connectivity index (χ3v) is 1.93. The van der Waals surface area contributed by atoms with E-state index in [9.17, 15) is 0 Å². The van der Waals surface area contributed by atoms with Crippen LogP contribution >= 0.6 is 0 Å². The Morgan fingerprint density at radius 2 is 2.36 bits per heavy atom. The third-order valence-electron chi connectivity index (χ3n) is 1.93. The zero-order valence-electron chi connectivity index (χ0n) is 7.09. The van der Waals surface area contributed by atoms with E-state index in [0.29, 0.717) is 0 Å². The molecule has 0 aromatic carbocycles. The van der Waals surface area contributed by atoms with E-state index < -0.39 is 0 Å². The van der Waals surface area contributed by atoms with Gasteiger partial charge in [-0.15, -0.1) is 0 Å². The number of allylic oxidation sites excluding steroid dienone is 1. The highest BCUT2D eigenvalue weighted by molar-refractivity contribution is 5.92. The standard InChI is InChI=1S/C9H16N2/c1-8(4-6-10)11-7-5-9-2-3-9/h4,6,9H,2-3,5,7,10H2,1H3. The Balaban J connectivity index is 2.10. The molecular formula is C9H16N2. The van der Waals surface area contributed by atoms with Crippen LogP contribution in [0.1, 0.15) is 26.2 Å². The van der Waals surface area contributed by atoms with Crippen LogP contribution in [0.3, 0.4) is 0 Å². The number of rotatable bonds is 4. The predicted octanol–water partition coefficient (Wildman–Crippen LogP) is 1.72. The van der Waals surface area contributed by atoms with Crippen LogP contribution in [-0.4, -0.2) is 12.3 Å². The lowest BCUT2D eigenvalue weighted by Gasteiger charge is -1.92. The SMILES string of the molecule is CC(C=CN)=NCCC1CC1. The summed E-state index contributed by atoms with van der Waals surface area (Å²) in [5.41, 5.74) is 6.25. The molecule has 0 bridgehead atoms. The molecular weight excluding hydrogens is 136 g/mol. The van der Waals surface area contributed by atoms with Crippen molar-refractivity contribution in [3.63, 3.8) is 0 Å². The molecule has 2 nitrogen and oxygen atoms in total. The normalized spacial score (nSPS) is 19.5. The summed E-state index contributed by atoms with van der Waals surface area (Å²) in [6.45, 7) is 2.96. The van der Waals surface area contributed by atoms with Gasteiger partial charge in [-0.2, -0.15) is 0 Å². The van der Waals surface area contributed by atoms with Gasteiger partial charge in [0.05, 0.1) is 0 Å². The van der Waals surface area contributed by atoms with Crippen molar-refractivity contribution >= 4 is 5.71 Å². The molecule has 0 spiro atoms. The van der Waals surface area contributed by atoms with Gasteiger partial charge in [0.2, 0.25) is 0 Å². The Kier molecular flexibility index (Phi) is 3.14. The van der Waals surface area contributed by atoms with Gasteiger partial charge in [-0.1, -0.05) is 12.8 Å². The first kappa shape index (κ1) is 8.31. The van der Waals surface area contributed by atoms with Gasteiger partial charge in [0, 0.05) is 12.3 Å². The monoisotopic (exact) mass is 152 g/mol. The predicted molar refractivity (Wildman–Crippen MR) is 48.6 cm³/mol. The van der Waals surface area contributed by atoms with Crippen LogP contribution in [0.4, 0.5) is 0 Å². The quantitative estimate of drug-likeness (QED) is 0.612. The molecule has 1 aliphatic carbocycles. The van der Waals surface area contributed by atoms with Gasteiger partial charge in [-0.05, 0) is 31.5 Å². The minimum atomic E-state index is 0.973. The maximum absolute atomic E-state index is 5.21. The van der Waals surface area contributed by atoms with Crippen molar-refractivity contribution in [2.45, 2.75) is 26.2 Å². The summed E-state index contributed by atoms with van der Waals surface area (Å²) in [7, 11) is 0. The van der Waals surface area contributed by atoms with Crippen molar-refractivity contribution < 1.29 is 0 Å². The first-order chi connectivity index (χ1) is 5.33. The van der Waals surface area contributed by atoms with Gasteiger partial charge in [-0.25, -0.2) is 0 Å². The molecule has 0 radical (unpaired) electrons. The summed E-state index contributed by atoms with van der Waals surface area (Å²) in [5.74, 6) is 0.980. The second-order valence-corrected chi connectivity index (χ2v) is 3.11. The Morgan fingerprint density at radius 3 is 2.91 bits per heavy atom. The van der Waals surface area contributed by atoms with E-state index in [4.69, 9.17) is 5.73 Å². The minimum absolute atomic E-state index is 0.973. The van der Waals surface area contributed by atoms with Gasteiger partial charge in [-0.3, -0.25) is 4.99 Å². The van der Waals surface area contributed by atoms with Crippen molar-refractivity contribution in [2.24, 2.45) is 16.6 Å². The molecule has 0 amide bonds. The van der Waals surface area contributed by atoms with E-state index in [-0.39, 0.29) is 0 Å². The van der Waals surface area contributed by atoms with Crippen LogP contribution in [0.15, 0.2) is 17.3 Å². The maximum Gasteiger partial charge on any atom is 0.0395 e. The highest BCUT2D eigenvalue weighted by Gasteiger charge is 2.19. The molecule has 0 aliphatic heterocycles. The zero-order chi connectivity index (χ0) is 8.10. The molecule has 1 aliphatic rings. The summed E-state index contributed by atoms with van der Waals surface area (Å²) in [5, 5.41) is 0. The summed E-state index contributed by atoms with van der Waals surface area (Å²) in [6, 6.07) is 0. The van der Waals surface area contributed by atoms with Gasteiger partial charge in [0.15, 0.2) is 0 Å².